The Bertz CT molecular complexity index is 465. The van der Waals surface area contributed by atoms with Crippen molar-refractivity contribution < 1.29 is 4.39 Å². The molecule has 2 nitrogen and oxygen atoms in total. The zero-order valence-electron chi connectivity index (χ0n) is 7.62. The van der Waals surface area contributed by atoms with Crippen LogP contribution < -0.4 is 0 Å². The predicted molar refractivity (Wildman–Crippen MR) is 73.2 cm³/mol. The molecule has 0 aliphatic heterocycles. The third-order valence-electron chi connectivity index (χ3n) is 2.00. The van der Waals surface area contributed by atoms with Crippen LogP contribution in [0.25, 0.3) is 0 Å². The van der Waals surface area contributed by atoms with Crippen LogP contribution in [-0.4, -0.2) is 9.55 Å². The average Bonchev–Trinajstić information content (AvgIpc) is 2.53. The summed E-state index contributed by atoms with van der Waals surface area (Å²) in [6, 6.07) is 6.53. The fourth-order valence-electron chi connectivity index (χ4n) is 1.24. The highest BCUT2D eigenvalue weighted by Crippen LogP contribution is 2.15. The van der Waals surface area contributed by atoms with Crippen LogP contribution in [0, 0.1) is 13.2 Å². The third kappa shape index (κ3) is 2.68. The Morgan fingerprint density at radius 1 is 1.20 bits per heavy atom. The summed E-state index contributed by atoms with van der Waals surface area (Å²) in [5.41, 5.74) is 1.07. The van der Waals surface area contributed by atoms with Crippen LogP contribution in [0.5, 0.6) is 0 Å². The highest BCUT2D eigenvalue weighted by atomic mass is 127. The summed E-state index contributed by atoms with van der Waals surface area (Å²) in [6.45, 7) is 0.731. The van der Waals surface area contributed by atoms with Crippen molar-refractivity contribution in [2.75, 3.05) is 0 Å². The van der Waals surface area contributed by atoms with Crippen LogP contribution in [0.3, 0.4) is 0 Å². The normalized spacial score (nSPS) is 10.6. The lowest BCUT2D eigenvalue weighted by molar-refractivity contribution is 0.626. The van der Waals surface area contributed by atoms with E-state index in [4.69, 9.17) is 0 Å². The fraction of sp³-hybridized carbons (Fsp3) is 0.100. The molecule has 2 aromatic rings. The molecule has 0 radical (unpaired) electrons. The molecule has 0 amide bonds. The largest absolute Gasteiger partial charge is 0.321 e. The minimum atomic E-state index is -0.200. The zero-order chi connectivity index (χ0) is 10.8. The van der Waals surface area contributed by atoms with Gasteiger partial charge >= 0.3 is 0 Å². The summed E-state index contributed by atoms with van der Waals surface area (Å²) >= 11 is 4.45. The van der Waals surface area contributed by atoms with E-state index in [2.05, 4.69) is 50.2 Å². The first-order chi connectivity index (χ1) is 7.16. The first-order valence-corrected chi connectivity index (χ1v) is 6.43. The van der Waals surface area contributed by atoms with Gasteiger partial charge in [-0.25, -0.2) is 9.37 Å². The van der Waals surface area contributed by atoms with Crippen LogP contribution in [0.1, 0.15) is 5.56 Å². The van der Waals surface area contributed by atoms with E-state index in [-0.39, 0.29) is 5.82 Å². The van der Waals surface area contributed by atoms with Crippen molar-refractivity contribution in [3.05, 3.63) is 49.4 Å². The van der Waals surface area contributed by atoms with Crippen molar-refractivity contribution in [1.29, 1.82) is 0 Å². The topological polar surface area (TPSA) is 17.8 Å². The van der Waals surface area contributed by atoms with E-state index in [1.165, 1.54) is 12.1 Å². The number of hydrogen-bond acceptors (Lipinski definition) is 1. The third-order valence-corrected chi connectivity index (χ3v) is 4.95. The lowest BCUT2D eigenvalue weighted by Crippen LogP contribution is -2.00. The summed E-state index contributed by atoms with van der Waals surface area (Å²) < 4.78 is 16.8. The molecule has 0 spiro atoms. The molecule has 2 rings (SSSR count). The van der Waals surface area contributed by atoms with E-state index in [0.29, 0.717) is 0 Å². The summed E-state index contributed by atoms with van der Waals surface area (Å²) in [5.74, 6) is -0.200. The van der Waals surface area contributed by atoms with Crippen molar-refractivity contribution in [3.8, 4) is 0 Å². The summed E-state index contributed by atoms with van der Waals surface area (Å²) in [7, 11) is 0. The standard InChI is InChI=1S/C10H7FI2N2/c11-8-3-1-7(2-4-8)5-15-6-14-9(12)10(15)13/h1-4,6H,5H2. The maximum absolute atomic E-state index is 12.7. The van der Waals surface area contributed by atoms with Crippen molar-refractivity contribution in [1.82, 2.24) is 9.55 Å². The average molecular weight is 428 g/mol. The fourth-order valence-corrected chi connectivity index (χ4v) is 2.11. The van der Waals surface area contributed by atoms with Crippen molar-refractivity contribution in [3.63, 3.8) is 0 Å². The van der Waals surface area contributed by atoms with Gasteiger partial charge in [-0.1, -0.05) is 12.1 Å². The molecule has 15 heavy (non-hydrogen) atoms. The van der Waals surface area contributed by atoms with Crippen LogP contribution >= 0.6 is 45.2 Å². The van der Waals surface area contributed by atoms with Gasteiger partial charge in [0, 0.05) is 6.54 Å². The predicted octanol–water partition coefficient (Wildman–Crippen LogP) is 3.28. The zero-order valence-corrected chi connectivity index (χ0v) is 11.9. The SMILES string of the molecule is Fc1ccc(Cn2cnc(I)c2I)cc1. The second-order valence-corrected chi connectivity index (χ2v) is 5.12. The molecule has 0 aliphatic rings. The maximum Gasteiger partial charge on any atom is 0.132 e. The van der Waals surface area contributed by atoms with Gasteiger partial charge in [-0.2, -0.15) is 0 Å². The first kappa shape index (κ1) is 11.3. The van der Waals surface area contributed by atoms with Crippen LogP contribution in [0.2, 0.25) is 0 Å². The Morgan fingerprint density at radius 3 is 2.40 bits per heavy atom. The maximum atomic E-state index is 12.7. The first-order valence-electron chi connectivity index (χ1n) is 4.27. The van der Waals surface area contributed by atoms with E-state index in [9.17, 15) is 4.39 Å². The number of nitrogens with zero attached hydrogens (tertiary/aromatic N) is 2. The minimum absolute atomic E-state index is 0.200. The number of rotatable bonds is 2. The molecule has 0 N–H and O–H groups in total. The number of imidazole rings is 1. The Hall–Kier alpha value is -0.180. The number of hydrogen-bond donors (Lipinski definition) is 0. The van der Waals surface area contributed by atoms with Gasteiger partial charge < -0.3 is 4.57 Å². The lowest BCUT2D eigenvalue weighted by Gasteiger charge is -2.04. The quantitative estimate of drug-likeness (QED) is 0.672. The molecule has 0 atom stereocenters. The van der Waals surface area contributed by atoms with Gasteiger partial charge in [0.25, 0.3) is 0 Å². The summed E-state index contributed by atoms with van der Waals surface area (Å²) in [4.78, 5) is 4.20. The minimum Gasteiger partial charge on any atom is -0.321 e. The highest BCUT2D eigenvalue weighted by molar-refractivity contribution is 14.1. The molecule has 0 fully saturated rings. The number of halogens is 3. The Balaban J connectivity index is 2.22. The van der Waals surface area contributed by atoms with Gasteiger partial charge in [0.1, 0.15) is 13.2 Å². The molecule has 1 aromatic heterocycles. The van der Waals surface area contributed by atoms with E-state index >= 15 is 0 Å². The summed E-state index contributed by atoms with van der Waals surface area (Å²) in [6.07, 6.45) is 1.80. The van der Waals surface area contributed by atoms with Gasteiger partial charge in [-0.05, 0) is 62.9 Å². The molecule has 5 heteroatoms. The molecule has 0 unspecified atom stereocenters. The van der Waals surface area contributed by atoms with Crippen molar-refractivity contribution in [2.24, 2.45) is 0 Å². The second kappa shape index (κ2) is 4.77. The molecular weight excluding hydrogens is 421 g/mol. The molecule has 1 heterocycles. The van der Waals surface area contributed by atoms with Crippen molar-refractivity contribution in [2.45, 2.75) is 6.54 Å². The Labute approximate surface area is 114 Å². The second-order valence-electron chi connectivity index (χ2n) is 3.08. The van der Waals surface area contributed by atoms with E-state index in [1.54, 1.807) is 18.5 Å². The highest BCUT2D eigenvalue weighted by Gasteiger charge is 2.05. The van der Waals surface area contributed by atoms with E-state index < -0.39 is 0 Å². The van der Waals surface area contributed by atoms with Crippen LogP contribution in [-0.2, 0) is 6.54 Å². The Kier molecular flexibility index (Phi) is 3.60. The molecule has 0 bridgehead atoms. The molecule has 1 aromatic carbocycles. The molecule has 0 saturated carbocycles. The van der Waals surface area contributed by atoms with Gasteiger partial charge in [-0.3, -0.25) is 0 Å². The van der Waals surface area contributed by atoms with Gasteiger partial charge in [0.15, 0.2) is 0 Å². The summed E-state index contributed by atoms with van der Waals surface area (Å²) in [5, 5.41) is 0. The molecule has 0 aliphatic carbocycles. The lowest BCUT2D eigenvalue weighted by atomic mass is 10.2. The molecule has 0 saturated heterocycles. The number of aromatic nitrogens is 2. The van der Waals surface area contributed by atoms with Gasteiger partial charge in [0.2, 0.25) is 0 Å². The smallest absolute Gasteiger partial charge is 0.132 e. The molecular formula is C10H7FI2N2. The molecule has 78 valence electrons. The monoisotopic (exact) mass is 428 g/mol. The Morgan fingerprint density at radius 2 is 1.87 bits per heavy atom. The van der Waals surface area contributed by atoms with E-state index in [1.807, 2.05) is 4.57 Å². The van der Waals surface area contributed by atoms with E-state index in [0.717, 1.165) is 19.5 Å². The van der Waals surface area contributed by atoms with Crippen LogP contribution in [0.15, 0.2) is 30.6 Å². The van der Waals surface area contributed by atoms with Crippen LogP contribution in [0.4, 0.5) is 4.39 Å². The van der Waals surface area contributed by atoms with Gasteiger partial charge in [-0.15, -0.1) is 0 Å². The number of benzene rings is 1. The van der Waals surface area contributed by atoms with Crippen molar-refractivity contribution >= 4 is 45.2 Å². The van der Waals surface area contributed by atoms with Gasteiger partial charge in [0.05, 0.1) is 6.33 Å².